The fourth-order valence-electron chi connectivity index (χ4n) is 3.41. The minimum absolute atomic E-state index is 0. The van der Waals surface area contributed by atoms with E-state index < -0.39 is 5.60 Å². The molecule has 1 heterocycles. The summed E-state index contributed by atoms with van der Waals surface area (Å²) in [5.41, 5.74) is -0.585. The maximum Gasteiger partial charge on any atom is 0.252 e. The van der Waals surface area contributed by atoms with Crippen LogP contribution >= 0.6 is 12.4 Å². The molecule has 1 saturated carbocycles. The van der Waals surface area contributed by atoms with Crippen LogP contribution in [0.4, 0.5) is 0 Å². The molecule has 0 unspecified atom stereocenters. The fraction of sp³-hybridized carbons (Fsp3) is 0.933. The molecule has 0 spiro atoms. The van der Waals surface area contributed by atoms with Crippen LogP contribution in [0.2, 0.25) is 0 Å². The molecule has 5 heteroatoms. The summed E-state index contributed by atoms with van der Waals surface area (Å²) in [7, 11) is 1.66. The summed E-state index contributed by atoms with van der Waals surface area (Å²) in [5.74, 6) is 0.995. The number of rotatable bonds is 6. The number of carbonyl (C=O) groups is 1. The first-order chi connectivity index (χ1) is 9.27. The van der Waals surface area contributed by atoms with E-state index in [9.17, 15) is 4.79 Å². The van der Waals surface area contributed by atoms with Crippen LogP contribution in [0.1, 0.15) is 51.4 Å². The molecule has 0 bridgehead atoms. The molecule has 1 aliphatic heterocycles. The van der Waals surface area contributed by atoms with Gasteiger partial charge in [0.05, 0.1) is 0 Å². The molecule has 1 aliphatic carbocycles. The van der Waals surface area contributed by atoms with Crippen molar-refractivity contribution in [1.82, 2.24) is 10.6 Å². The second-order valence-corrected chi connectivity index (χ2v) is 6.00. The molecule has 0 atom stereocenters. The minimum Gasteiger partial charge on any atom is -0.368 e. The van der Waals surface area contributed by atoms with Gasteiger partial charge in [-0.05, 0) is 44.7 Å². The van der Waals surface area contributed by atoms with Crippen LogP contribution in [-0.2, 0) is 9.53 Å². The van der Waals surface area contributed by atoms with Gasteiger partial charge in [0, 0.05) is 13.7 Å². The van der Waals surface area contributed by atoms with Gasteiger partial charge in [-0.2, -0.15) is 0 Å². The largest absolute Gasteiger partial charge is 0.368 e. The number of methoxy groups -OCH3 is 1. The van der Waals surface area contributed by atoms with Crippen molar-refractivity contribution in [2.24, 2.45) is 5.92 Å². The van der Waals surface area contributed by atoms with Crippen LogP contribution in [0.5, 0.6) is 0 Å². The molecule has 20 heavy (non-hydrogen) atoms. The molecular weight excluding hydrogens is 276 g/mol. The first kappa shape index (κ1) is 17.7. The highest BCUT2D eigenvalue weighted by molar-refractivity contribution is 5.85. The van der Waals surface area contributed by atoms with Gasteiger partial charge < -0.3 is 15.4 Å². The Bertz CT molecular complexity index is 288. The molecule has 2 rings (SSSR count). The molecule has 0 aromatic heterocycles. The Kier molecular flexibility index (Phi) is 7.85. The van der Waals surface area contributed by atoms with Crippen molar-refractivity contribution in [2.75, 3.05) is 26.7 Å². The maximum atomic E-state index is 12.3. The van der Waals surface area contributed by atoms with Gasteiger partial charge in [0.2, 0.25) is 0 Å². The molecule has 2 aliphatic rings. The highest BCUT2D eigenvalue weighted by Gasteiger charge is 2.39. The van der Waals surface area contributed by atoms with Crippen LogP contribution < -0.4 is 10.6 Å². The molecule has 1 amide bonds. The van der Waals surface area contributed by atoms with Gasteiger partial charge in [-0.25, -0.2) is 0 Å². The van der Waals surface area contributed by atoms with Gasteiger partial charge in [0.1, 0.15) is 5.60 Å². The van der Waals surface area contributed by atoms with Crippen LogP contribution in [0.3, 0.4) is 0 Å². The number of amides is 1. The van der Waals surface area contributed by atoms with Crippen molar-refractivity contribution >= 4 is 18.3 Å². The first-order valence-electron chi connectivity index (χ1n) is 7.81. The van der Waals surface area contributed by atoms with Crippen molar-refractivity contribution in [3.63, 3.8) is 0 Å². The summed E-state index contributed by atoms with van der Waals surface area (Å²) < 4.78 is 5.52. The smallest absolute Gasteiger partial charge is 0.252 e. The third-order valence-electron chi connectivity index (χ3n) is 4.77. The lowest BCUT2D eigenvalue weighted by molar-refractivity contribution is -0.146. The molecule has 118 valence electrons. The Morgan fingerprint density at radius 1 is 1.30 bits per heavy atom. The van der Waals surface area contributed by atoms with E-state index in [0.717, 1.165) is 44.8 Å². The zero-order valence-corrected chi connectivity index (χ0v) is 13.4. The van der Waals surface area contributed by atoms with Crippen molar-refractivity contribution in [1.29, 1.82) is 0 Å². The van der Waals surface area contributed by atoms with Crippen molar-refractivity contribution in [2.45, 2.75) is 57.0 Å². The third-order valence-corrected chi connectivity index (χ3v) is 4.77. The van der Waals surface area contributed by atoms with E-state index in [1.165, 1.54) is 32.1 Å². The summed E-state index contributed by atoms with van der Waals surface area (Å²) in [6, 6.07) is 0. The van der Waals surface area contributed by atoms with Crippen molar-refractivity contribution in [3.8, 4) is 0 Å². The Balaban J connectivity index is 0.00000200. The Morgan fingerprint density at radius 3 is 2.55 bits per heavy atom. The fourth-order valence-corrected chi connectivity index (χ4v) is 3.41. The van der Waals surface area contributed by atoms with E-state index in [4.69, 9.17) is 4.74 Å². The van der Waals surface area contributed by atoms with Gasteiger partial charge in [-0.3, -0.25) is 4.79 Å². The molecule has 1 saturated heterocycles. The molecule has 2 N–H and O–H groups in total. The van der Waals surface area contributed by atoms with Crippen molar-refractivity contribution in [3.05, 3.63) is 0 Å². The lowest BCUT2D eigenvalue weighted by Crippen LogP contribution is -2.54. The van der Waals surface area contributed by atoms with Gasteiger partial charge in [-0.15, -0.1) is 12.4 Å². The van der Waals surface area contributed by atoms with E-state index in [1.54, 1.807) is 7.11 Å². The standard InChI is InChI=1S/C15H28N2O2.ClH/c1-19-15(8-11-16-12-9-15)14(18)17-10-4-7-13-5-2-3-6-13;/h13,16H,2-12H2,1H3,(H,17,18);1H. The summed E-state index contributed by atoms with van der Waals surface area (Å²) in [6.07, 6.45) is 9.50. The van der Waals surface area contributed by atoms with Gasteiger partial charge >= 0.3 is 0 Å². The average Bonchev–Trinajstić information content (AvgIpc) is 2.97. The Labute approximate surface area is 128 Å². The summed E-state index contributed by atoms with van der Waals surface area (Å²) in [5, 5.41) is 6.35. The summed E-state index contributed by atoms with van der Waals surface area (Å²) in [4.78, 5) is 12.3. The Hall–Kier alpha value is -0.320. The summed E-state index contributed by atoms with van der Waals surface area (Å²) in [6.45, 7) is 2.53. The van der Waals surface area contributed by atoms with E-state index in [0.29, 0.717) is 0 Å². The van der Waals surface area contributed by atoms with Crippen LogP contribution in [0, 0.1) is 5.92 Å². The minimum atomic E-state index is -0.585. The number of hydrogen-bond acceptors (Lipinski definition) is 3. The van der Waals surface area contributed by atoms with E-state index in [2.05, 4.69) is 10.6 Å². The second kappa shape index (κ2) is 8.85. The highest BCUT2D eigenvalue weighted by Crippen LogP contribution is 2.28. The molecule has 4 nitrogen and oxygen atoms in total. The number of nitrogens with one attached hydrogen (secondary N) is 2. The second-order valence-electron chi connectivity index (χ2n) is 6.00. The predicted molar refractivity (Wildman–Crippen MR) is 83.3 cm³/mol. The highest BCUT2D eigenvalue weighted by atomic mass is 35.5. The lowest BCUT2D eigenvalue weighted by atomic mass is 9.91. The SMILES string of the molecule is COC1(C(=O)NCCCC2CCCC2)CCNCC1.Cl. The molecular formula is C15H29ClN2O2. The normalized spacial score (nSPS) is 22.2. The predicted octanol–water partition coefficient (Wildman–Crippen LogP) is 2.26. The van der Waals surface area contributed by atoms with E-state index in [1.807, 2.05) is 0 Å². The zero-order chi connectivity index (χ0) is 13.6. The maximum absolute atomic E-state index is 12.3. The lowest BCUT2D eigenvalue weighted by Gasteiger charge is -2.34. The van der Waals surface area contributed by atoms with Gasteiger partial charge in [0.25, 0.3) is 5.91 Å². The summed E-state index contributed by atoms with van der Waals surface area (Å²) >= 11 is 0. The number of hydrogen-bond donors (Lipinski definition) is 2. The number of ether oxygens (including phenoxy) is 1. The van der Waals surface area contributed by atoms with Crippen LogP contribution in [-0.4, -0.2) is 38.3 Å². The van der Waals surface area contributed by atoms with Crippen molar-refractivity contribution < 1.29 is 9.53 Å². The number of piperidine rings is 1. The first-order valence-corrected chi connectivity index (χ1v) is 7.81. The van der Waals surface area contributed by atoms with E-state index >= 15 is 0 Å². The average molecular weight is 305 g/mol. The quantitative estimate of drug-likeness (QED) is 0.740. The van der Waals surface area contributed by atoms with E-state index in [-0.39, 0.29) is 18.3 Å². The van der Waals surface area contributed by atoms with Gasteiger partial charge in [0.15, 0.2) is 0 Å². The molecule has 0 aromatic carbocycles. The van der Waals surface area contributed by atoms with Crippen LogP contribution in [0.25, 0.3) is 0 Å². The Morgan fingerprint density at radius 2 is 1.95 bits per heavy atom. The number of carbonyl (C=O) groups excluding carboxylic acids is 1. The number of halogens is 1. The zero-order valence-electron chi connectivity index (χ0n) is 12.6. The van der Waals surface area contributed by atoms with Crippen LogP contribution in [0.15, 0.2) is 0 Å². The topological polar surface area (TPSA) is 50.4 Å². The molecule has 2 fully saturated rings. The van der Waals surface area contributed by atoms with Gasteiger partial charge in [-0.1, -0.05) is 25.7 Å². The molecule has 0 radical (unpaired) electrons. The third kappa shape index (κ3) is 4.61. The molecule has 0 aromatic rings. The monoisotopic (exact) mass is 304 g/mol.